The van der Waals surface area contributed by atoms with E-state index in [0.29, 0.717) is 29.8 Å². The lowest BCUT2D eigenvalue weighted by Gasteiger charge is -2.23. The smallest absolute Gasteiger partial charge is 0.255 e. The molecule has 3 rings (SSSR count). The van der Waals surface area contributed by atoms with E-state index in [-0.39, 0.29) is 29.5 Å². The average Bonchev–Trinajstić information content (AvgIpc) is 2.70. The van der Waals surface area contributed by atoms with Crippen molar-refractivity contribution in [3.05, 3.63) is 81.3 Å². The Morgan fingerprint density at radius 2 is 1.65 bits per heavy atom. The third kappa shape index (κ3) is 5.50. The molecule has 0 amide bonds. The van der Waals surface area contributed by atoms with E-state index in [4.69, 9.17) is 11.5 Å². The average molecular weight is 442 g/mol. The summed E-state index contributed by atoms with van der Waals surface area (Å²) in [6.07, 6.45) is 0.839. The Bertz CT molecular complexity index is 1200. The summed E-state index contributed by atoms with van der Waals surface area (Å²) in [5.41, 5.74) is 14.5. The summed E-state index contributed by atoms with van der Waals surface area (Å²) >= 11 is 0. The summed E-state index contributed by atoms with van der Waals surface area (Å²) in [5, 5.41) is 0. The summed E-state index contributed by atoms with van der Waals surface area (Å²) in [5.74, 6) is 0.0678. The standard InChI is InChI=1S/C22H27N5O3S/c1-15-5-11-19(12-6-15)31(29,30)27(14-17-7-9-18(23)10-8-17)13-3-4-20-16(2)25-22(24)26-21(20)28/h5-12H,3-4,13-14,23H2,1-2H3,(H3,24,25,26,28). The number of aromatic amines is 1. The largest absolute Gasteiger partial charge is 0.399 e. The number of anilines is 2. The molecule has 0 saturated heterocycles. The maximum Gasteiger partial charge on any atom is 0.255 e. The van der Waals surface area contributed by atoms with Crippen molar-refractivity contribution in [3.8, 4) is 0 Å². The molecule has 0 bridgehead atoms. The van der Waals surface area contributed by atoms with Crippen molar-refractivity contribution in [2.45, 2.75) is 38.1 Å². The predicted molar refractivity (Wildman–Crippen MR) is 122 cm³/mol. The normalized spacial score (nSPS) is 11.7. The molecule has 1 heterocycles. The van der Waals surface area contributed by atoms with Gasteiger partial charge in [0.05, 0.1) is 4.90 Å². The summed E-state index contributed by atoms with van der Waals surface area (Å²) in [4.78, 5) is 19.0. The minimum absolute atomic E-state index is 0.0678. The SMILES string of the molecule is Cc1ccc(S(=O)(=O)N(CCCc2c(C)nc(N)[nH]c2=O)Cc2ccc(N)cc2)cc1. The van der Waals surface area contributed by atoms with Gasteiger partial charge < -0.3 is 11.5 Å². The number of nitrogen functional groups attached to an aromatic ring is 2. The number of H-pyrrole nitrogens is 1. The first kappa shape index (κ1) is 22.5. The monoisotopic (exact) mass is 441 g/mol. The molecular formula is C22H27N5O3S. The van der Waals surface area contributed by atoms with Crippen molar-refractivity contribution >= 4 is 21.7 Å². The van der Waals surface area contributed by atoms with Crippen LogP contribution in [0.4, 0.5) is 11.6 Å². The van der Waals surface area contributed by atoms with Gasteiger partial charge in [0.1, 0.15) is 0 Å². The van der Waals surface area contributed by atoms with Crippen molar-refractivity contribution in [3.63, 3.8) is 0 Å². The Morgan fingerprint density at radius 1 is 1.00 bits per heavy atom. The van der Waals surface area contributed by atoms with Crippen molar-refractivity contribution in [2.24, 2.45) is 0 Å². The zero-order chi connectivity index (χ0) is 22.6. The van der Waals surface area contributed by atoms with Gasteiger partial charge >= 0.3 is 0 Å². The molecule has 0 atom stereocenters. The molecule has 0 aliphatic heterocycles. The number of nitrogens with one attached hydrogen (secondary N) is 1. The van der Waals surface area contributed by atoms with Gasteiger partial charge in [0.2, 0.25) is 16.0 Å². The molecule has 1 aromatic heterocycles. The summed E-state index contributed by atoms with van der Waals surface area (Å²) in [6.45, 7) is 4.06. The van der Waals surface area contributed by atoms with Crippen LogP contribution in [0.5, 0.6) is 0 Å². The van der Waals surface area contributed by atoms with E-state index >= 15 is 0 Å². The lowest BCUT2D eigenvalue weighted by atomic mass is 10.1. The van der Waals surface area contributed by atoms with Gasteiger partial charge in [0.25, 0.3) is 5.56 Å². The molecule has 0 saturated carbocycles. The van der Waals surface area contributed by atoms with Gasteiger partial charge in [-0.15, -0.1) is 0 Å². The van der Waals surface area contributed by atoms with E-state index in [1.165, 1.54) is 4.31 Å². The molecule has 0 fully saturated rings. The minimum atomic E-state index is -3.73. The highest BCUT2D eigenvalue weighted by molar-refractivity contribution is 7.89. The number of nitrogens with zero attached hydrogens (tertiary/aromatic N) is 2. The Labute approximate surface area is 182 Å². The minimum Gasteiger partial charge on any atom is -0.399 e. The van der Waals surface area contributed by atoms with Crippen molar-refractivity contribution < 1.29 is 8.42 Å². The van der Waals surface area contributed by atoms with E-state index in [1.807, 2.05) is 19.1 Å². The van der Waals surface area contributed by atoms with E-state index in [0.717, 1.165) is 11.1 Å². The number of sulfonamides is 1. The van der Waals surface area contributed by atoms with E-state index in [2.05, 4.69) is 9.97 Å². The zero-order valence-corrected chi connectivity index (χ0v) is 18.4. The molecule has 5 N–H and O–H groups in total. The molecule has 9 heteroatoms. The summed E-state index contributed by atoms with van der Waals surface area (Å²) in [7, 11) is -3.73. The van der Waals surface area contributed by atoms with Gasteiger partial charge in [-0.05, 0) is 56.5 Å². The maximum absolute atomic E-state index is 13.3. The van der Waals surface area contributed by atoms with Crippen LogP contribution in [0.3, 0.4) is 0 Å². The molecule has 3 aromatic rings. The molecule has 8 nitrogen and oxygen atoms in total. The lowest BCUT2D eigenvalue weighted by Crippen LogP contribution is -2.32. The fourth-order valence-electron chi connectivity index (χ4n) is 3.33. The number of hydrogen-bond donors (Lipinski definition) is 3. The molecule has 0 spiro atoms. The van der Waals surface area contributed by atoms with Crippen molar-refractivity contribution in [1.29, 1.82) is 0 Å². The number of nitrogens with two attached hydrogens (primary N) is 2. The van der Waals surface area contributed by atoms with Gasteiger partial charge in [-0.3, -0.25) is 9.78 Å². The maximum atomic E-state index is 13.3. The third-order valence-corrected chi connectivity index (χ3v) is 6.93. The second kappa shape index (κ2) is 9.32. The van der Waals surface area contributed by atoms with Crippen LogP contribution in [-0.4, -0.2) is 29.2 Å². The highest BCUT2D eigenvalue weighted by atomic mass is 32.2. The second-order valence-electron chi connectivity index (χ2n) is 7.51. The molecule has 0 radical (unpaired) electrons. The number of hydrogen-bond acceptors (Lipinski definition) is 6. The van der Waals surface area contributed by atoms with Crippen molar-refractivity contribution in [2.75, 3.05) is 18.0 Å². The number of aryl methyl sites for hydroxylation is 2. The number of aromatic nitrogens is 2. The van der Waals surface area contributed by atoms with Crippen LogP contribution in [0.15, 0.2) is 58.2 Å². The quantitative estimate of drug-likeness (QED) is 0.459. The Balaban J connectivity index is 1.84. The first-order valence-corrected chi connectivity index (χ1v) is 11.4. The number of benzene rings is 2. The molecular weight excluding hydrogens is 414 g/mol. The van der Waals surface area contributed by atoms with E-state index in [9.17, 15) is 13.2 Å². The highest BCUT2D eigenvalue weighted by Gasteiger charge is 2.24. The number of rotatable bonds is 8. The van der Waals surface area contributed by atoms with Crippen LogP contribution in [-0.2, 0) is 23.0 Å². The van der Waals surface area contributed by atoms with Gasteiger partial charge in [0, 0.05) is 30.0 Å². The Morgan fingerprint density at radius 3 is 2.26 bits per heavy atom. The molecule has 164 valence electrons. The first-order chi connectivity index (χ1) is 14.7. The van der Waals surface area contributed by atoms with Crippen LogP contribution in [0.1, 0.15) is 28.8 Å². The predicted octanol–water partition coefficient (Wildman–Crippen LogP) is 2.37. The van der Waals surface area contributed by atoms with Crippen LogP contribution in [0, 0.1) is 13.8 Å². The Kier molecular flexibility index (Phi) is 6.77. The van der Waals surface area contributed by atoms with Crippen molar-refractivity contribution in [1.82, 2.24) is 14.3 Å². The van der Waals surface area contributed by atoms with Gasteiger partial charge in [-0.1, -0.05) is 29.8 Å². The fraction of sp³-hybridized carbons (Fsp3) is 0.273. The second-order valence-corrected chi connectivity index (χ2v) is 9.45. The Hall–Kier alpha value is -3.17. The van der Waals surface area contributed by atoms with Gasteiger partial charge in [-0.2, -0.15) is 4.31 Å². The molecule has 2 aromatic carbocycles. The molecule has 31 heavy (non-hydrogen) atoms. The van der Waals surface area contributed by atoms with Crippen LogP contribution < -0.4 is 17.0 Å². The van der Waals surface area contributed by atoms with Gasteiger partial charge in [-0.25, -0.2) is 13.4 Å². The van der Waals surface area contributed by atoms with Gasteiger partial charge in [0.15, 0.2) is 0 Å². The highest BCUT2D eigenvalue weighted by Crippen LogP contribution is 2.20. The molecule has 0 aliphatic rings. The van der Waals surface area contributed by atoms with Crippen LogP contribution in [0.25, 0.3) is 0 Å². The van der Waals surface area contributed by atoms with E-state index in [1.54, 1.807) is 43.3 Å². The first-order valence-electron chi connectivity index (χ1n) is 9.93. The summed E-state index contributed by atoms with van der Waals surface area (Å²) in [6, 6.07) is 13.9. The lowest BCUT2D eigenvalue weighted by molar-refractivity contribution is 0.399. The fourth-order valence-corrected chi connectivity index (χ4v) is 4.80. The summed E-state index contributed by atoms with van der Waals surface area (Å²) < 4.78 is 28.1. The zero-order valence-electron chi connectivity index (χ0n) is 17.6. The molecule has 0 aliphatic carbocycles. The van der Waals surface area contributed by atoms with E-state index < -0.39 is 10.0 Å². The van der Waals surface area contributed by atoms with Crippen LogP contribution in [0.2, 0.25) is 0 Å². The topological polar surface area (TPSA) is 135 Å². The molecule has 0 unspecified atom stereocenters. The third-order valence-electron chi connectivity index (χ3n) is 5.07. The van der Waals surface area contributed by atoms with Crippen LogP contribution >= 0.6 is 0 Å².